The standard InChI is InChI=1S/C15H19FN6O/c1-20-7-8-22(10-13(20)14-18-5-6-21(14)2)15(23)19-12-3-4-17-9-11(12)16/h3-6,9,13H,7-8,10H2,1-2H3,(H,17,19,23)/t13-/m0/s1. The van der Waals surface area contributed by atoms with Crippen LogP contribution in [-0.4, -0.2) is 57.0 Å². The molecule has 1 aliphatic heterocycles. The molecule has 7 nitrogen and oxygen atoms in total. The van der Waals surface area contributed by atoms with Gasteiger partial charge >= 0.3 is 6.03 Å². The molecule has 23 heavy (non-hydrogen) atoms. The third-order valence-corrected chi connectivity index (χ3v) is 4.11. The van der Waals surface area contributed by atoms with Crippen LogP contribution in [0.3, 0.4) is 0 Å². The molecule has 2 aromatic rings. The summed E-state index contributed by atoms with van der Waals surface area (Å²) in [7, 11) is 3.94. The molecule has 2 amide bonds. The Balaban J connectivity index is 1.72. The van der Waals surface area contributed by atoms with Crippen LogP contribution in [0, 0.1) is 5.82 Å². The van der Waals surface area contributed by atoms with Crippen molar-refractivity contribution in [3.63, 3.8) is 0 Å². The highest BCUT2D eigenvalue weighted by molar-refractivity contribution is 5.89. The van der Waals surface area contributed by atoms with E-state index in [2.05, 4.69) is 20.2 Å². The number of halogens is 1. The van der Waals surface area contributed by atoms with E-state index in [0.29, 0.717) is 13.1 Å². The van der Waals surface area contributed by atoms with Gasteiger partial charge in [0, 0.05) is 45.3 Å². The summed E-state index contributed by atoms with van der Waals surface area (Å²) in [6, 6.07) is 1.14. The molecule has 0 unspecified atom stereocenters. The van der Waals surface area contributed by atoms with Gasteiger partial charge in [0.2, 0.25) is 0 Å². The topological polar surface area (TPSA) is 66.3 Å². The number of anilines is 1. The number of carbonyl (C=O) groups is 1. The van der Waals surface area contributed by atoms with E-state index in [1.807, 2.05) is 24.9 Å². The van der Waals surface area contributed by atoms with Crippen LogP contribution in [0.2, 0.25) is 0 Å². The second-order valence-corrected chi connectivity index (χ2v) is 5.62. The van der Waals surface area contributed by atoms with E-state index in [0.717, 1.165) is 18.6 Å². The van der Waals surface area contributed by atoms with Gasteiger partial charge in [-0.25, -0.2) is 14.2 Å². The maximum atomic E-state index is 13.6. The number of imidazole rings is 1. The number of likely N-dealkylation sites (N-methyl/N-ethyl adjacent to an activating group) is 1. The smallest absolute Gasteiger partial charge is 0.322 e. The predicted molar refractivity (Wildman–Crippen MR) is 83.4 cm³/mol. The van der Waals surface area contributed by atoms with Crippen molar-refractivity contribution in [3.8, 4) is 0 Å². The fraction of sp³-hybridized carbons (Fsp3) is 0.400. The molecule has 1 N–H and O–H groups in total. The van der Waals surface area contributed by atoms with Gasteiger partial charge in [-0.15, -0.1) is 0 Å². The Bertz CT molecular complexity index is 703. The van der Waals surface area contributed by atoms with E-state index in [1.165, 1.54) is 12.3 Å². The Kier molecular flexibility index (Phi) is 4.24. The Morgan fingerprint density at radius 3 is 2.87 bits per heavy atom. The molecule has 3 rings (SSSR count). The molecule has 1 fully saturated rings. The average molecular weight is 318 g/mol. The summed E-state index contributed by atoms with van der Waals surface area (Å²) in [5.41, 5.74) is 0.137. The molecule has 3 heterocycles. The Morgan fingerprint density at radius 1 is 1.35 bits per heavy atom. The zero-order valence-electron chi connectivity index (χ0n) is 13.1. The second-order valence-electron chi connectivity index (χ2n) is 5.62. The van der Waals surface area contributed by atoms with Crippen molar-refractivity contribution < 1.29 is 9.18 Å². The van der Waals surface area contributed by atoms with Crippen LogP contribution in [0.5, 0.6) is 0 Å². The second kappa shape index (κ2) is 6.33. The molecular weight excluding hydrogens is 299 g/mol. The Labute approximate surface area is 133 Å². The molecule has 122 valence electrons. The minimum absolute atomic E-state index is 0.0109. The lowest BCUT2D eigenvalue weighted by molar-refractivity contribution is 0.110. The zero-order valence-corrected chi connectivity index (χ0v) is 13.1. The monoisotopic (exact) mass is 318 g/mol. The van der Waals surface area contributed by atoms with Crippen molar-refractivity contribution in [1.82, 2.24) is 24.3 Å². The third kappa shape index (κ3) is 3.16. The van der Waals surface area contributed by atoms with Crippen LogP contribution < -0.4 is 5.32 Å². The molecule has 0 radical (unpaired) electrons. The average Bonchev–Trinajstić information content (AvgIpc) is 2.96. The van der Waals surface area contributed by atoms with E-state index < -0.39 is 5.82 Å². The first-order chi connectivity index (χ1) is 11.1. The lowest BCUT2D eigenvalue weighted by Crippen LogP contribution is -2.50. The number of pyridine rings is 1. The number of piperazine rings is 1. The molecule has 0 bridgehead atoms. The predicted octanol–water partition coefficient (Wildman–Crippen LogP) is 1.47. The first kappa shape index (κ1) is 15.4. The first-order valence-electron chi connectivity index (χ1n) is 7.39. The van der Waals surface area contributed by atoms with Gasteiger partial charge in [0.1, 0.15) is 5.82 Å². The van der Waals surface area contributed by atoms with E-state index in [9.17, 15) is 9.18 Å². The lowest BCUT2D eigenvalue weighted by atomic mass is 10.1. The summed E-state index contributed by atoms with van der Waals surface area (Å²) in [5.74, 6) is 0.357. The van der Waals surface area contributed by atoms with Crippen LogP contribution in [0.1, 0.15) is 11.9 Å². The number of amides is 2. The van der Waals surface area contributed by atoms with Crippen molar-refractivity contribution >= 4 is 11.7 Å². The molecular formula is C15H19FN6O. The third-order valence-electron chi connectivity index (χ3n) is 4.11. The van der Waals surface area contributed by atoms with Gasteiger partial charge in [0.25, 0.3) is 0 Å². The molecule has 2 aromatic heterocycles. The molecule has 0 aromatic carbocycles. The van der Waals surface area contributed by atoms with Gasteiger partial charge in [-0.05, 0) is 13.1 Å². The number of hydrogen-bond acceptors (Lipinski definition) is 4. The fourth-order valence-electron chi connectivity index (χ4n) is 2.71. The van der Waals surface area contributed by atoms with Crippen molar-refractivity contribution in [2.24, 2.45) is 7.05 Å². The van der Waals surface area contributed by atoms with Crippen molar-refractivity contribution in [1.29, 1.82) is 0 Å². The summed E-state index contributed by atoms with van der Waals surface area (Å²) < 4.78 is 15.6. The molecule has 1 atom stereocenters. The minimum atomic E-state index is -0.546. The quantitative estimate of drug-likeness (QED) is 0.911. The summed E-state index contributed by atoms with van der Waals surface area (Å²) in [6.45, 7) is 1.81. The number of nitrogens with zero attached hydrogens (tertiary/aromatic N) is 5. The molecule has 0 aliphatic carbocycles. The number of aromatic nitrogens is 3. The van der Waals surface area contributed by atoms with Gasteiger partial charge in [-0.3, -0.25) is 9.88 Å². The molecule has 1 saturated heterocycles. The summed E-state index contributed by atoms with van der Waals surface area (Å²) in [6.07, 6.45) is 6.15. The number of urea groups is 1. The Hall–Kier alpha value is -2.48. The molecule has 0 spiro atoms. The van der Waals surface area contributed by atoms with Gasteiger partial charge in [-0.2, -0.15) is 0 Å². The number of rotatable bonds is 2. The van der Waals surface area contributed by atoms with Crippen LogP contribution >= 0.6 is 0 Å². The summed E-state index contributed by atoms with van der Waals surface area (Å²) in [5, 5.41) is 2.60. The SMILES string of the molecule is CN1CCN(C(=O)Nc2ccncc2F)C[C@H]1c1nccn1C. The highest BCUT2D eigenvalue weighted by Crippen LogP contribution is 2.23. The largest absolute Gasteiger partial charge is 0.337 e. The van der Waals surface area contributed by atoms with Crippen LogP contribution in [0.4, 0.5) is 14.9 Å². The van der Waals surface area contributed by atoms with E-state index in [-0.39, 0.29) is 17.8 Å². The summed E-state index contributed by atoms with van der Waals surface area (Å²) >= 11 is 0. The first-order valence-corrected chi connectivity index (χ1v) is 7.39. The van der Waals surface area contributed by atoms with Gasteiger partial charge < -0.3 is 14.8 Å². The minimum Gasteiger partial charge on any atom is -0.337 e. The van der Waals surface area contributed by atoms with Gasteiger partial charge in [0.15, 0.2) is 5.82 Å². The maximum absolute atomic E-state index is 13.6. The number of nitrogens with one attached hydrogen (secondary N) is 1. The Morgan fingerprint density at radius 2 is 2.17 bits per heavy atom. The number of aryl methyl sites for hydroxylation is 1. The van der Waals surface area contributed by atoms with Gasteiger partial charge in [0.05, 0.1) is 17.9 Å². The number of carbonyl (C=O) groups excluding carboxylic acids is 1. The van der Waals surface area contributed by atoms with Crippen LogP contribution in [0.15, 0.2) is 30.9 Å². The molecule has 1 aliphatic rings. The van der Waals surface area contributed by atoms with Crippen molar-refractivity contribution in [2.75, 3.05) is 32.0 Å². The van der Waals surface area contributed by atoms with Crippen LogP contribution in [0.25, 0.3) is 0 Å². The van der Waals surface area contributed by atoms with Crippen molar-refractivity contribution in [3.05, 3.63) is 42.5 Å². The molecule has 0 saturated carbocycles. The highest BCUT2D eigenvalue weighted by atomic mass is 19.1. The van der Waals surface area contributed by atoms with Gasteiger partial charge in [-0.1, -0.05) is 0 Å². The lowest BCUT2D eigenvalue weighted by Gasteiger charge is -2.38. The van der Waals surface area contributed by atoms with Crippen LogP contribution in [-0.2, 0) is 7.05 Å². The van der Waals surface area contributed by atoms with E-state index in [1.54, 1.807) is 11.1 Å². The summed E-state index contributed by atoms with van der Waals surface area (Å²) in [4.78, 5) is 24.3. The van der Waals surface area contributed by atoms with E-state index in [4.69, 9.17) is 0 Å². The molecule has 8 heteroatoms. The highest BCUT2D eigenvalue weighted by Gasteiger charge is 2.30. The normalized spacial score (nSPS) is 18.9. The maximum Gasteiger partial charge on any atom is 0.322 e. The van der Waals surface area contributed by atoms with Crippen molar-refractivity contribution in [2.45, 2.75) is 6.04 Å². The van der Waals surface area contributed by atoms with E-state index >= 15 is 0 Å². The number of hydrogen-bond donors (Lipinski definition) is 1. The zero-order chi connectivity index (χ0) is 16.4. The fourth-order valence-corrected chi connectivity index (χ4v) is 2.71.